The molecule has 140 valence electrons. The minimum Gasteiger partial charge on any atom is -0.357 e. The maximum absolute atomic E-state index is 12.2. The summed E-state index contributed by atoms with van der Waals surface area (Å²) in [5.74, 6) is 0.978. The highest BCUT2D eigenvalue weighted by Crippen LogP contribution is 2.25. The summed E-state index contributed by atoms with van der Waals surface area (Å²) >= 11 is 5.86. The molecule has 2 N–H and O–H groups in total. The molecule has 0 saturated carbocycles. The number of rotatable bonds is 5. The summed E-state index contributed by atoms with van der Waals surface area (Å²) in [7, 11) is 0. The van der Waals surface area contributed by atoms with Crippen LogP contribution >= 0.6 is 11.6 Å². The normalized spacial score (nSPS) is 10.7. The van der Waals surface area contributed by atoms with Crippen LogP contribution in [-0.4, -0.2) is 24.1 Å². The van der Waals surface area contributed by atoms with Crippen molar-refractivity contribution < 1.29 is 4.79 Å². The van der Waals surface area contributed by atoms with Crippen molar-refractivity contribution in [3.63, 3.8) is 0 Å². The Balaban J connectivity index is 1.79. The molecule has 0 aliphatic carbocycles. The molecule has 0 aliphatic rings. The molecule has 1 aromatic heterocycles. The van der Waals surface area contributed by atoms with Crippen LogP contribution in [-0.2, 0) is 0 Å². The Hall–Kier alpha value is -2.79. The van der Waals surface area contributed by atoms with Gasteiger partial charge in [-0.25, -0.2) is 9.78 Å². The number of fused-ring (bicyclic) bond motifs is 1. The first-order valence-electron chi connectivity index (χ1n) is 9.00. The van der Waals surface area contributed by atoms with Gasteiger partial charge in [-0.15, -0.1) is 0 Å². The van der Waals surface area contributed by atoms with Gasteiger partial charge in [0.25, 0.3) is 0 Å². The van der Waals surface area contributed by atoms with Crippen molar-refractivity contribution in [1.82, 2.24) is 4.98 Å². The van der Waals surface area contributed by atoms with E-state index in [0.29, 0.717) is 10.7 Å². The van der Waals surface area contributed by atoms with Gasteiger partial charge in [0.1, 0.15) is 5.82 Å². The van der Waals surface area contributed by atoms with Crippen LogP contribution in [0.4, 0.5) is 22.0 Å². The third kappa shape index (κ3) is 4.49. The topological polar surface area (TPSA) is 57.3 Å². The third-order valence-corrected chi connectivity index (χ3v) is 4.70. The quantitative estimate of drug-likeness (QED) is 0.596. The number of halogens is 1. The molecule has 0 radical (unpaired) electrons. The molecule has 0 bridgehead atoms. The van der Waals surface area contributed by atoms with Gasteiger partial charge in [0.2, 0.25) is 0 Å². The molecule has 0 saturated heterocycles. The van der Waals surface area contributed by atoms with Crippen molar-refractivity contribution in [2.45, 2.75) is 20.8 Å². The Bertz CT molecular complexity index is 952. The molecule has 27 heavy (non-hydrogen) atoms. The number of aromatic nitrogens is 1. The maximum atomic E-state index is 12.2. The lowest BCUT2D eigenvalue weighted by molar-refractivity contribution is 0.262. The summed E-state index contributed by atoms with van der Waals surface area (Å²) in [5.41, 5.74) is 3.44. The molecule has 0 fully saturated rings. The number of hydrogen-bond acceptors (Lipinski definition) is 3. The van der Waals surface area contributed by atoms with Gasteiger partial charge in [0.05, 0.1) is 5.52 Å². The zero-order valence-electron chi connectivity index (χ0n) is 15.7. The molecule has 0 atom stereocenters. The first-order valence-corrected chi connectivity index (χ1v) is 9.38. The zero-order chi connectivity index (χ0) is 19.4. The van der Waals surface area contributed by atoms with Crippen molar-refractivity contribution in [1.29, 1.82) is 0 Å². The number of aryl methyl sites for hydroxylation is 1. The van der Waals surface area contributed by atoms with E-state index in [1.54, 1.807) is 24.3 Å². The molecule has 0 spiro atoms. The monoisotopic (exact) mass is 382 g/mol. The van der Waals surface area contributed by atoms with Crippen molar-refractivity contribution >= 4 is 45.7 Å². The average Bonchev–Trinajstić information content (AvgIpc) is 2.65. The molecular weight excluding hydrogens is 360 g/mol. The summed E-state index contributed by atoms with van der Waals surface area (Å²) in [6.07, 6.45) is 0. The predicted octanol–water partition coefficient (Wildman–Crippen LogP) is 5.69. The Morgan fingerprint density at radius 1 is 1.00 bits per heavy atom. The summed E-state index contributed by atoms with van der Waals surface area (Å²) in [6.45, 7) is 8.14. The lowest BCUT2D eigenvalue weighted by Gasteiger charge is -2.21. The van der Waals surface area contributed by atoms with Crippen molar-refractivity contribution in [3.8, 4) is 0 Å². The molecule has 5 nitrogen and oxygen atoms in total. The highest BCUT2D eigenvalue weighted by atomic mass is 35.5. The van der Waals surface area contributed by atoms with E-state index in [1.165, 1.54) is 0 Å². The van der Waals surface area contributed by atoms with Crippen molar-refractivity contribution in [3.05, 3.63) is 59.1 Å². The lowest BCUT2D eigenvalue weighted by Crippen LogP contribution is -2.23. The minimum absolute atomic E-state index is 0.304. The predicted molar refractivity (Wildman–Crippen MR) is 114 cm³/mol. The highest BCUT2D eigenvalue weighted by molar-refractivity contribution is 6.30. The van der Waals surface area contributed by atoms with Crippen molar-refractivity contribution in [2.24, 2.45) is 0 Å². The summed E-state index contributed by atoms with van der Waals surface area (Å²) in [6, 6.07) is 14.5. The van der Waals surface area contributed by atoms with E-state index in [0.717, 1.165) is 41.1 Å². The van der Waals surface area contributed by atoms with Gasteiger partial charge in [0, 0.05) is 34.9 Å². The second-order valence-corrected chi connectivity index (χ2v) is 6.72. The summed E-state index contributed by atoms with van der Waals surface area (Å²) < 4.78 is 0. The number of carbonyl (C=O) groups excluding carboxylic acids is 1. The van der Waals surface area contributed by atoms with E-state index in [2.05, 4.69) is 42.4 Å². The molecule has 2 amide bonds. The van der Waals surface area contributed by atoms with Crippen LogP contribution in [0.15, 0.2) is 48.5 Å². The number of urea groups is 1. The van der Waals surface area contributed by atoms with Crippen molar-refractivity contribution in [2.75, 3.05) is 28.6 Å². The van der Waals surface area contributed by atoms with Crippen LogP contribution in [0.3, 0.4) is 0 Å². The Morgan fingerprint density at radius 3 is 2.30 bits per heavy atom. The fourth-order valence-electron chi connectivity index (χ4n) is 2.99. The molecule has 3 aromatic rings. The van der Waals surface area contributed by atoms with Crippen LogP contribution in [0.25, 0.3) is 10.9 Å². The molecule has 6 heteroatoms. The first-order chi connectivity index (χ1) is 13.0. The first kappa shape index (κ1) is 19.0. The standard InChI is InChI=1S/C21H23ClN4O/c1-4-26(5-2)20-12-14(3)18-13-17(10-11-19(18)25-20)24-21(27)23-16-8-6-15(22)7-9-16/h6-13H,4-5H2,1-3H3,(H2,23,24,27). The van der Waals surface area contributed by atoms with Crippen LogP contribution in [0, 0.1) is 6.92 Å². The van der Waals surface area contributed by atoms with E-state index < -0.39 is 0 Å². The summed E-state index contributed by atoms with van der Waals surface area (Å²) in [5, 5.41) is 7.30. The molecule has 1 heterocycles. The molecule has 0 aliphatic heterocycles. The minimum atomic E-state index is -0.304. The van der Waals surface area contributed by atoms with Crippen LogP contribution in [0.1, 0.15) is 19.4 Å². The smallest absolute Gasteiger partial charge is 0.323 e. The molecule has 3 rings (SSSR count). The number of pyridine rings is 1. The van der Waals surface area contributed by atoms with E-state index in [-0.39, 0.29) is 6.03 Å². The second-order valence-electron chi connectivity index (χ2n) is 6.29. The van der Waals surface area contributed by atoms with Gasteiger partial charge >= 0.3 is 6.03 Å². The van der Waals surface area contributed by atoms with E-state index >= 15 is 0 Å². The third-order valence-electron chi connectivity index (χ3n) is 4.45. The maximum Gasteiger partial charge on any atom is 0.323 e. The highest BCUT2D eigenvalue weighted by Gasteiger charge is 2.09. The van der Waals surface area contributed by atoms with Gasteiger partial charge in [-0.1, -0.05) is 11.6 Å². The zero-order valence-corrected chi connectivity index (χ0v) is 16.5. The second kappa shape index (κ2) is 8.27. The van der Waals surface area contributed by atoms with E-state index in [1.807, 2.05) is 18.2 Å². The fraction of sp³-hybridized carbons (Fsp3) is 0.238. The lowest BCUT2D eigenvalue weighted by atomic mass is 10.1. The number of benzene rings is 2. The van der Waals surface area contributed by atoms with Gasteiger partial charge in [-0.2, -0.15) is 0 Å². The Morgan fingerprint density at radius 2 is 1.63 bits per heavy atom. The van der Waals surface area contributed by atoms with E-state index in [4.69, 9.17) is 16.6 Å². The van der Waals surface area contributed by atoms with Gasteiger partial charge in [-0.3, -0.25) is 0 Å². The summed E-state index contributed by atoms with van der Waals surface area (Å²) in [4.78, 5) is 19.2. The number of amides is 2. The van der Waals surface area contributed by atoms with Crippen LogP contribution in [0.2, 0.25) is 5.02 Å². The number of hydrogen-bond donors (Lipinski definition) is 2. The Kier molecular flexibility index (Phi) is 5.81. The largest absolute Gasteiger partial charge is 0.357 e. The van der Waals surface area contributed by atoms with Crippen LogP contribution in [0.5, 0.6) is 0 Å². The number of carbonyl (C=O) groups is 1. The molecule has 2 aromatic carbocycles. The van der Waals surface area contributed by atoms with E-state index in [9.17, 15) is 4.79 Å². The Labute approximate surface area is 164 Å². The van der Waals surface area contributed by atoms with Crippen LogP contribution < -0.4 is 15.5 Å². The number of nitrogens with zero attached hydrogens (tertiary/aromatic N) is 2. The van der Waals surface area contributed by atoms with Gasteiger partial charge in [-0.05, 0) is 74.9 Å². The number of nitrogens with one attached hydrogen (secondary N) is 2. The van der Waals surface area contributed by atoms with Gasteiger partial charge < -0.3 is 15.5 Å². The molecular formula is C21H23ClN4O. The molecule has 0 unspecified atom stereocenters. The fourth-order valence-corrected chi connectivity index (χ4v) is 3.12. The SMILES string of the molecule is CCN(CC)c1cc(C)c2cc(NC(=O)Nc3ccc(Cl)cc3)ccc2n1. The average molecular weight is 383 g/mol. The van der Waals surface area contributed by atoms with Gasteiger partial charge in [0.15, 0.2) is 0 Å². The number of anilines is 3.